The molecule has 0 saturated heterocycles. The lowest BCUT2D eigenvalue weighted by Gasteiger charge is -2.11. The number of nitrogens with two attached hydrogens (primary N) is 1. The molecule has 25 heavy (non-hydrogen) atoms. The summed E-state index contributed by atoms with van der Waals surface area (Å²) in [6.45, 7) is 5.04. The van der Waals surface area contributed by atoms with E-state index in [1.54, 1.807) is 6.20 Å². The molecule has 134 valence electrons. The molecule has 1 aromatic heterocycles. The van der Waals surface area contributed by atoms with E-state index in [9.17, 15) is 0 Å². The van der Waals surface area contributed by atoms with Crippen LogP contribution in [0.2, 0.25) is 0 Å². The topological polar surface area (TPSA) is 81.8 Å². The van der Waals surface area contributed by atoms with Crippen LogP contribution in [0.1, 0.15) is 25.0 Å². The molecule has 1 unspecified atom stereocenters. The van der Waals surface area contributed by atoms with E-state index in [2.05, 4.69) is 28.3 Å². The summed E-state index contributed by atoms with van der Waals surface area (Å²) in [4.78, 5) is 8.54. The van der Waals surface area contributed by atoms with Gasteiger partial charge in [0.25, 0.3) is 0 Å². The summed E-state index contributed by atoms with van der Waals surface area (Å²) >= 11 is 0. The summed E-state index contributed by atoms with van der Waals surface area (Å²) < 4.78 is 11.6. The molecule has 6 nitrogen and oxygen atoms in total. The highest BCUT2D eigenvalue weighted by molar-refractivity contribution is 14.0. The first-order valence-corrected chi connectivity index (χ1v) is 8.09. The third kappa shape index (κ3) is 4.97. The van der Waals surface area contributed by atoms with E-state index in [4.69, 9.17) is 15.2 Å². The molecule has 0 saturated carbocycles. The van der Waals surface area contributed by atoms with Crippen LogP contribution in [-0.2, 0) is 13.0 Å². The van der Waals surface area contributed by atoms with E-state index in [1.807, 2.05) is 31.2 Å². The van der Waals surface area contributed by atoms with Gasteiger partial charge in [-0.15, -0.1) is 24.0 Å². The first-order valence-electron chi connectivity index (χ1n) is 8.09. The number of ether oxygens (including phenoxy) is 2. The number of nitrogens with one attached hydrogen (secondary N) is 1. The number of hydrogen-bond donors (Lipinski definition) is 2. The van der Waals surface area contributed by atoms with Crippen molar-refractivity contribution in [2.45, 2.75) is 32.9 Å². The summed E-state index contributed by atoms with van der Waals surface area (Å²) in [6, 6.07) is 9.61. The summed E-state index contributed by atoms with van der Waals surface area (Å²) in [5.41, 5.74) is 8.07. The number of nitrogens with zero attached hydrogens (tertiary/aromatic N) is 2. The smallest absolute Gasteiger partial charge is 0.194 e. The number of aliphatic imine (C=N–C) groups is 1. The Labute approximate surface area is 164 Å². The zero-order valence-corrected chi connectivity index (χ0v) is 16.7. The van der Waals surface area contributed by atoms with Crippen molar-refractivity contribution in [3.05, 3.63) is 47.7 Å². The Balaban J connectivity index is 0.00000225. The summed E-state index contributed by atoms with van der Waals surface area (Å²) in [5.74, 6) is 2.72. The van der Waals surface area contributed by atoms with Crippen LogP contribution in [0.5, 0.6) is 11.5 Å². The molecule has 0 spiro atoms. The zero-order valence-electron chi connectivity index (χ0n) is 14.4. The minimum absolute atomic E-state index is 0. The van der Waals surface area contributed by atoms with Crippen LogP contribution in [0.4, 0.5) is 5.82 Å². The van der Waals surface area contributed by atoms with Crippen LogP contribution in [-0.4, -0.2) is 23.7 Å². The van der Waals surface area contributed by atoms with Gasteiger partial charge in [0.15, 0.2) is 5.96 Å². The standard InChI is InChI=1S/C18H22N4O2.HI/c1-3-23-15-9-13-8-12(2)24-16(13)10-14(15)11-21-18(19)22-17-6-4-5-7-20-17;/h4-7,9-10,12H,3,8,11H2,1-2H3,(H3,19,20,21,22);1H. The maximum absolute atomic E-state index is 5.94. The predicted molar refractivity (Wildman–Crippen MR) is 110 cm³/mol. The number of benzene rings is 1. The van der Waals surface area contributed by atoms with Gasteiger partial charge in [-0.1, -0.05) is 6.07 Å². The van der Waals surface area contributed by atoms with Crippen molar-refractivity contribution in [1.29, 1.82) is 0 Å². The highest BCUT2D eigenvalue weighted by atomic mass is 127. The number of hydrogen-bond acceptors (Lipinski definition) is 4. The van der Waals surface area contributed by atoms with E-state index in [0.29, 0.717) is 24.9 Å². The molecule has 2 aromatic rings. The van der Waals surface area contributed by atoms with Crippen LogP contribution in [0.25, 0.3) is 0 Å². The molecule has 1 aliphatic rings. The van der Waals surface area contributed by atoms with E-state index in [1.165, 1.54) is 5.56 Å². The third-order valence-electron chi connectivity index (χ3n) is 3.72. The Hall–Kier alpha value is -2.03. The lowest BCUT2D eigenvalue weighted by molar-refractivity contribution is 0.254. The van der Waals surface area contributed by atoms with Gasteiger partial charge in [-0.05, 0) is 38.1 Å². The fourth-order valence-corrected chi connectivity index (χ4v) is 2.67. The second-order valence-corrected chi connectivity index (χ2v) is 5.67. The Morgan fingerprint density at radius 3 is 3.00 bits per heavy atom. The molecule has 0 radical (unpaired) electrons. The Morgan fingerprint density at radius 1 is 1.44 bits per heavy atom. The van der Waals surface area contributed by atoms with E-state index >= 15 is 0 Å². The first-order chi connectivity index (χ1) is 11.7. The monoisotopic (exact) mass is 454 g/mol. The largest absolute Gasteiger partial charge is 0.494 e. The van der Waals surface area contributed by atoms with Crippen LogP contribution in [0.3, 0.4) is 0 Å². The van der Waals surface area contributed by atoms with Crippen LogP contribution in [0.15, 0.2) is 41.5 Å². The molecule has 1 atom stereocenters. The van der Waals surface area contributed by atoms with Crippen molar-refractivity contribution in [3.63, 3.8) is 0 Å². The molecule has 1 aromatic carbocycles. The maximum atomic E-state index is 5.94. The van der Waals surface area contributed by atoms with E-state index in [0.717, 1.165) is 23.5 Å². The molecule has 0 aliphatic carbocycles. The Morgan fingerprint density at radius 2 is 2.28 bits per heavy atom. The molecule has 3 N–H and O–H groups in total. The number of halogens is 1. The van der Waals surface area contributed by atoms with Gasteiger partial charge in [-0.3, -0.25) is 0 Å². The van der Waals surface area contributed by atoms with E-state index < -0.39 is 0 Å². The number of guanidine groups is 1. The Kier molecular flexibility index (Phi) is 6.86. The SMILES string of the molecule is CCOc1cc2c(cc1CN=C(N)Nc1ccccn1)OC(C)C2.I. The van der Waals surface area contributed by atoms with Crippen molar-refractivity contribution >= 4 is 35.8 Å². The lowest BCUT2D eigenvalue weighted by Crippen LogP contribution is -2.23. The number of pyridine rings is 1. The molecule has 7 heteroatoms. The second-order valence-electron chi connectivity index (χ2n) is 5.67. The first kappa shape index (κ1) is 19.3. The highest BCUT2D eigenvalue weighted by Gasteiger charge is 2.21. The summed E-state index contributed by atoms with van der Waals surface area (Å²) in [5, 5.41) is 2.97. The van der Waals surface area contributed by atoms with Gasteiger partial charge in [0.1, 0.15) is 23.4 Å². The van der Waals surface area contributed by atoms with Gasteiger partial charge in [0, 0.05) is 23.7 Å². The van der Waals surface area contributed by atoms with Gasteiger partial charge in [-0.2, -0.15) is 0 Å². The Bertz CT molecular complexity index is 737. The normalized spacial score (nSPS) is 15.8. The van der Waals surface area contributed by atoms with Crippen LogP contribution < -0.4 is 20.5 Å². The molecule has 1 aliphatic heterocycles. The molecular weight excluding hydrogens is 431 g/mol. The number of anilines is 1. The third-order valence-corrected chi connectivity index (χ3v) is 3.72. The molecule has 3 rings (SSSR count). The van der Waals surface area contributed by atoms with Crippen molar-refractivity contribution in [2.75, 3.05) is 11.9 Å². The minimum Gasteiger partial charge on any atom is -0.494 e. The number of rotatable bonds is 5. The summed E-state index contributed by atoms with van der Waals surface area (Å²) in [6.07, 6.45) is 2.80. The van der Waals surface area contributed by atoms with Gasteiger partial charge in [0.05, 0.1) is 13.2 Å². The van der Waals surface area contributed by atoms with Gasteiger partial charge in [-0.25, -0.2) is 9.98 Å². The average molecular weight is 454 g/mol. The van der Waals surface area contributed by atoms with Crippen molar-refractivity contribution in [2.24, 2.45) is 10.7 Å². The molecular formula is C18H23IN4O2. The minimum atomic E-state index is 0. The zero-order chi connectivity index (χ0) is 16.9. The van der Waals surface area contributed by atoms with Crippen LogP contribution >= 0.6 is 24.0 Å². The maximum Gasteiger partial charge on any atom is 0.194 e. The highest BCUT2D eigenvalue weighted by Crippen LogP contribution is 2.35. The average Bonchev–Trinajstić information content (AvgIpc) is 2.93. The lowest BCUT2D eigenvalue weighted by atomic mass is 10.1. The number of aromatic nitrogens is 1. The van der Waals surface area contributed by atoms with Crippen molar-refractivity contribution < 1.29 is 9.47 Å². The molecule has 2 heterocycles. The van der Waals surface area contributed by atoms with Crippen molar-refractivity contribution in [3.8, 4) is 11.5 Å². The fraction of sp³-hybridized carbons (Fsp3) is 0.333. The van der Waals surface area contributed by atoms with Gasteiger partial charge < -0.3 is 20.5 Å². The second kappa shape index (κ2) is 8.89. The quantitative estimate of drug-likeness (QED) is 0.412. The van der Waals surface area contributed by atoms with Gasteiger partial charge >= 0.3 is 0 Å². The summed E-state index contributed by atoms with van der Waals surface area (Å²) in [7, 11) is 0. The molecule has 0 amide bonds. The molecule has 0 bridgehead atoms. The van der Waals surface area contributed by atoms with E-state index in [-0.39, 0.29) is 30.1 Å². The predicted octanol–water partition coefficient (Wildman–Crippen LogP) is 3.35. The molecule has 0 fully saturated rings. The number of fused-ring (bicyclic) bond motifs is 1. The van der Waals surface area contributed by atoms with Crippen LogP contribution in [0, 0.1) is 0 Å². The van der Waals surface area contributed by atoms with Crippen molar-refractivity contribution in [1.82, 2.24) is 4.98 Å². The fourth-order valence-electron chi connectivity index (χ4n) is 2.67. The van der Waals surface area contributed by atoms with Gasteiger partial charge in [0.2, 0.25) is 0 Å².